The molecule has 0 saturated carbocycles. The van der Waals surface area contributed by atoms with Gasteiger partial charge in [-0.05, 0) is 30.2 Å². The first-order chi connectivity index (χ1) is 14.9. The van der Waals surface area contributed by atoms with Crippen molar-refractivity contribution in [1.82, 2.24) is 15.1 Å². The van der Waals surface area contributed by atoms with Crippen LogP contribution >= 0.6 is 0 Å². The van der Waals surface area contributed by atoms with E-state index in [9.17, 15) is 14.4 Å². The molecule has 31 heavy (non-hydrogen) atoms. The van der Waals surface area contributed by atoms with Crippen molar-refractivity contribution in [2.24, 2.45) is 0 Å². The maximum absolute atomic E-state index is 13.3. The summed E-state index contributed by atoms with van der Waals surface area (Å²) in [5.74, 6) is 0.527. The van der Waals surface area contributed by atoms with E-state index in [-0.39, 0.29) is 12.5 Å². The van der Waals surface area contributed by atoms with Crippen LogP contribution in [0, 0.1) is 0 Å². The van der Waals surface area contributed by atoms with Gasteiger partial charge in [-0.15, -0.1) is 0 Å². The van der Waals surface area contributed by atoms with Gasteiger partial charge < -0.3 is 19.7 Å². The quantitative estimate of drug-likeness (QED) is 0.657. The molecule has 0 bridgehead atoms. The van der Waals surface area contributed by atoms with Crippen LogP contribution < -0.4 is 14.8 Å². The summed E-state index contributed by atoms with van der Waals surface area (Å²) in [4.78, 5) is 41.2. The van der Waals surface area contributed by atoms with Gasteiger partial charge in [-0.1, -0.05) is 37.3 Å². The summed E-state index contributed by atoms with van der Waals surface area (Å²) in [6.07, 6.45) is 0.353. The molecule has 2 aromatic rings. The van der Waals surface area contributed by atoms with Gasteiger partial charge in [-0.25, -0.2) is 4.79 Å². The third-order valence-electron chi connectivity index (χ3n) is 5.61. The fourth-order valence-corrected chi connectivity index (χ4v) is 3.72. The van der Waals surface area contributed by atoms with Crippen molar-refractivity contribution in [2.45, 2.75) is 25.4 Å². The number of nitrogens with one attached hydrogen (secondary N) is 1. The molecule has 1 N–H and O–H groups in total. The van der Waals surface area contributed by atoms with Crippen LogP contribution in [0.3, 0.4) is 0 Å². The maximum atomic E-state index is 13.3. The van der Waals surface area contributed by atoms with E-state index in [1.807, 2.05) is 31.2 Å². The van der Waals surface area contributed by atoms with Crippen molar-refractivity contribution in [2.75, 3.05) is 27.8 Å². The predicted octanol–water partition coefficient (Wildman–Crippen LogP) is 2.52. The fourth-order valence-electron chi connectivity index (χ4n) is 3.72. The average Bonchev–Trinajstić information content (AvgIpc) is 3.04. The summed E-state index contributed by atoms with van der Waals surface area (Å²) in [7, 11) is 4.75. The zero-order valence-electron chi connectivity index (χ0n) is 18.2. The molecule has 164 valence electrons. The Morgan fingerprint density at radius 3 is 2.35 bits per heavy atom. The molecule has 3 rings (SSSR count). The first kappa shape index (κ1) is 22.1. The molecule has 8 nitrogen and oxygen atoms in total. The molecule has 1 saturated heterocycles. The van der Waals surface area contributed by atoms with Crippen molar-refractivity contribution in [3.05, 3.63) is 59.7 Å². The maximum Gasteiger partial charge on any atom is 0.325 e. The number of likely N-dealkylation sites (N-methyl/N-ethyl adjacent to an activating group) is 1. The summed E-state index contributed by atoms with van der Waals surface area (Å²) in [6.45, 7) is 1.78. The number of carbonyl (C=O) groups is 3. The van der Waals surface area contributed by atoms with Crippen LogP contribution in [-0.4, -0.2) is 55.5 Å². The highest BCUT2D eigenvalue weighted by Crippen LogP contribution is 2.33. The molecule has 1 heterocycles. The van der Waals surface area contributed by atoms with Crippen molar-refractivity contribution in [1.29, 1.82) is 0 Å². The number of hydrogen-bond donors (Lipinski definition) is 1. The normalized spacial score (nSPS) is 18.0. The number of nitrogens with zero attached hydrogens (tertiary/aromatic N) is 2. The number of methoxy groups -OCH3 is 2. The molecule has 0 radical (unpaired) electrons. The minimum absolute atomic E-state index is 0.296. The molecular formula is C23H27N3O5. The highest BCUT2D eigenvalue weighted by atomic mass is 16.5. The number of urea groups is 1. The number of hydrogen-bond acceptors (Lipinski definition) is 5. The molecule has 8 heteroatoms. The second-order valence-electron chi connectivity index (χ2n) is 7.37. The Bertz CT molecular complexity index is 975. The number of imide groups is 1. The van der Waals surface area contributed by atoms with Crippen molar-refractivity contribution in [3.8, 4) is 11.5 Å². The molecule has 0 aliphatic carbocycles. The first-order valence-electron chi connectivity index (χ1n) is 10.0. The van der Waals surface area contributed by atoms with E-state index < -0.39 is 17.5 Å². The first-order valence-corrected chi connectivity index (χ1v) is 10.0. The van der Waals surface area contributed by atoms with E-state index in [1.165, 1.54) is 4.90 Å². The van der Waals surface area contributed by atoms with Gasteiger partial charge in [-0.3, -0.25) is 14.5 Å². The number of ether oxygens (including phenoxy) is 2. The van der Waals surface area contributed by atoms with Crippen LogP contribution in [0.1, 0.15) is 24.5 Å². The second kappa shape index (κ2) is 9.07. The van der Waals surface area contributed by atoms with Gasteiger partial charge in [-0.2, -0.15) is 0 Å². The largest absolute Gasteiger partial charge is 0.497 e. The van der Waals surface area contributed by atoms with Crippen LogP contribution in [0.25, 0.3) is 0 Å². The van der Waals surface area contributed by atoms with Gasteiger partial charge in [0.2, 0.25) is 5.91 Å². The number of carbonyl (C=O) groups excluding carboxylic acids is 3. The van der Waals surface area contributed by atoms with E-state index in [0.717, 1.165) is 10.5 Å². The zero-order chi connectivity index (χ0) is 22.6. The average molecular weight is 425 g/mol. The summed E-state index contributed by atoms with van der Waals surface area (Å²) >= 11 is 0. The number of benzene rings is 2. The lowest BCUT2D eigenvalue weighted by atomic mass is 9.87. The minimum Gasteiger partial charge on any atom is -0.497 e. The van der Waals surface area contributed by atoms with Crippen LogP contribution in [0.4, 0.5) is 4.79 Å². The molecule has 2 aromatic carbocycles. The predicted molar refractivity (Wildman–Crippen MR) is 115 cm³/mol. The van der Waals surface area contributed by atoms with Crippen molar-refractivity contribution >= 4 is 17.8 Å². The van der Waals surface area contributed by atoms with E-state index >= 15 is 0 Å². The summed E-state index contributed by atoms with van der Waals surface area (Å²) in [6, 6.07) is 13.8. The lowest BCUT2D eigenvalue weighted by molar-refractivity contribution is -0.138. The summed E-state index contributed by atoms with van der Waals surface area (Å²) < 4.78 is 10.5. The molecule has 0 spiro atoms. The Labute approximate surface area is 181 Å². The van der Waals surface area contributed by atoms with Gasteiger partial charge in [0.05, 0.1) is 14.2 Å². The topological polar surface area (TPSA) is 88.2 Å². The van der Waals surface area contributed by atoms with Gasteiger partial charge in [0.1, 0.15) is 23.6 Å². The van der Waals surface area contributed by atoms with Crippen LogP contribution in [-0.2, 0) is 21.7 Å². The summed E-state index contributed by atoms with van der Waals surface area (Å²) in [5, 5.41) is 2.79. The standard InChI is InChI=1S/C23H27N3O5/c1-5-23(17-10-12-18(30-3)13-11-17)21(28)26(22(29)24-23)15-20(27)25(2)14-16-8-6-7-9-19(16)31-4/h6-13H,5,14-15H2,1-4H3,(H,24,29)/t23-/m0/s1. The highest BCUT2D eigenvalue weighted by Gasteiger charge is 2.51. The third-order valence-corrected chi connectivity index (χ3v) is 5.61. The van der Waals surface area contributed by atoms with E-state index in [2.05, 4.69) is 5.32 Å². The smallest absolute Gasteiger partial charge is 0.325 e. The van der Waals surface area contributed by atoms with Gasteiger partial charge >= 0.3 is 6.03 Å². The molecule has 1 fully saturated rings. The Morgan fingerprint density at radius 1 is 1.06 bits per heavy atom. The monoisotopic (exact) mass is 425 g/mol. The van der Waals surface area contributed by atoms with Crippen LogP contribution in [0.15, 0.2) is 48.5 Å². The number of rotatable bonds is 8. The zero-order valence-corrected chi connectivity index (χ0v) is 18.2. The number of amides is 4. The molecule has 1 aliphatic heterocycles. The van der Waals surface area contributed by atoms with Gasteiger partial charge in [0, 0.05) is 19.2 Å². The van der Waals surface area contributed by atoms with Gasteiger partial charge in [0.25, 0.3) is 5.91 Å². The molecular weight excluding hydrogens is 398 g/mol. The molecule has 1 aliphatic rings. The molecule has 0 aromatic heterocycles. The minimum atomic E-state index is -1.20. The van der Waals surface area contributed by atoms with Crippen LogP contribution in [0.2, 0.25) is 0 Å². The Hall–Kier alpha value is -3.55. The van der Waals surface area contributed by atoms with Gasteiger partial charge in [0.15, 0.2) is 0 Å². The Morgan fingerprint density at radius 2 is 1.74 bits per heavy atom. The van der Waals surface area contributed by atoms with Crippen molar-refractivity contribution < 1.29 is 23.9 Å². The van der Waals surface area contributed by atoms with Crippen LogP contribution in [0.5, 0.6) is 11.5 Å². The second-order valence-corrected chi connectivity index (χ2v) is 7.37. The fraction of sp³-hybridized carbons (Fsp3) is 0.348. The van der Waals surface area contributed by atoms with E-state index in [1.54, 1.807) is 45.5 Å². The highest BCUT2D eigenvalue weighted by molar-refractivity contribution is 6.09. The molecule has 4 amide bonds. The Kier molecular flexibility index (Phi) is 6.48. The lowest BCUT2D eigenvalue weighted by Crippen LogP contribution is -2.45. The van der Waals surface area contributed by atoms with E-state index in [4.69, 9.17) is 9.47 Å². The Balaban J connectivity index is 1.76. The van der Waals surface area contributed by atoms with E-state index in [0.29, 0.717) is 30.0 Å². The third kappa shape index (κ3) is 4.19. The molecule has 0 unspecified atom stereocenters. The number of para-hydroxylation sites is 1. The summed E-state index contributed by atoms with van der Waals surface area (Å²) in [5.41, 5.74) is 0.274. The van der Waals surface area contributed by atoms with Crippen molar-refractivity contribution in [3.63, 3.8) is 0 Å². The SMILES string of the molecule is CC[C@@]1(c2ccc(OC)cc2)NC(=O)N(CC(=O)N(C)Cc2ccccc2OC)C1=O. The molecule has 1 atom stereocenters. The lowest BCUT2D eigenvalue weighted by Gasteiger charge is -2.26.